The smallest absolute Gasteiger partial charge is 0.314 e. The average molecular weight is 397 g/mol. The van der Waals surface area contributed by atoms with Crippen LogP contribution in [0.3, 0.4) is 0 Å². The fraction of sp³-hybridized carbons (Fsp3) is 0.273. The number of hydrogen-bond donors (Lipinski definition) is 2. The molecule has 0 aromatic heterocycles. The Morgan fingerprint density at radius 2 is 1.82 bits per heavy atom. The third kappa shape index (κ3) is 3.11. The highest BCUT2D eigenvalue weighted by Crippen LogP contribution is 2.51. The molecule has 0 fully saturated rings. The molecular weight excluding hydrogens is 377 g/mol. The average Bonchev–Trinajstić information content (AvgIpc) is 3.03. The van der Waals surface area contributed by atoms with Crippen LogP contribution < -0.4 is 5.32 Å². The van der Waals surface area contributed by atoms with Crippen molar-refractivity contribution in [2.75, 3.05) is 0 Å². The van der Waals surface area contributed by atoms with Crippen LogP contribution in [0, 0.1) is 25.6 Å². The predicted molar refractivity (Wildman–Crippen MR) is 108 cm³/mol. The number of carboxylic acids is 1. The first-order chi connectivity index (χ1) is 13.4. The van der Waals surface area contributed by atoms with Crippen molar-refractivity contribution < 1.29 is 19.1 Å². The Labute approximate surface area is 166 Å². The number of amides is 1. The van der Waals surface area contributed by atoms with Crippen LogP contribution >= 0.6 is 11.8 Å². The van der Waals surface area contributed by atoms with Crippen molar-refractivity contribution in [2.45, 2.75) is 32.1 Å². The lowest BCUT2D eigenvalue weighted by Crippen LogP contribution is -2.39. The highest BCUT2D eigenvalue weighted by molar-refractivity contribution is 8.04. The number of aryl methyl sites for hydroxylation is 1. The van der Waals surface area contributed by atoms with Gasteiger partial charge in [-0.2, -0.15) is 0 Å². The molecule has 0 saturated heterocycles. The molecule has 6 heteroatoms. The number of fused-ring (bicyclic) bond motifs is 2. The van der Waals surface area contributed by atoms with E-state index in [0.29, 0.717) is 5.56 Å². The second-order valence-corrected chi connectivity index (χ2v) is 8.44. The number of halogens is 1. The standard InChI is InChI=1S/C22H20FNO3S/c1-11-3-8-16-15(12(11)2)9-10-17-18(16)19(22(26)27)21(28-17)24-20(25)13-4-6-14(23)7-5-13/h3-8,19,21H,9-10H2,1-2H3,(H,24,25)(H,26,27). The van der Waals surface area contributed by atoms with Crippen molar-refractivity contribution in [1.29, 1.82) is 0 Å². The number of rotatable bonds is 3. The van der Waals surface area contributed by atoms with E-state index >= 15 is 0 Å². The van der Waals surface area contributed by atoms with Crippen molar-refractivity contribution >= 4 is 29.2 Å². The largest absolute Gasteiger partial charge is 0.481 e. The SMILES string of the molecule is Cc1ccc2c(c1C)CCC1=C2C(C(=O)O)C(NC(=O)c2ccc(F)cc2)S1. The maximum atomic E-state index is 13.1. The van der Waals surface area contributed by atoms with Gasteiger partial charge in [-0.1, -0.05) is 12.1 Å². The minimum atomic E-state index is -0.951. The summed E-state index contributed by atoms with van der Waals surface area (Å²) in [4.78, 5) is 25.7. The van der Waals surface area contributed by atoms with E-state index in [0.717, 1.165) is 28.9 Å². The van der Waals surface area contributed by atoms with E-state index in [9.17, 15) is 19.1 Å². The number of thioether (sulfide) groups is 1. The first-order valence-corrected chi connectivity index (χ1v) is 10.0. The second kappa shape index (κ2) is 7.09. The van der Waals surface area contributed by atoms with Crippen LogP contribution in [0.25, 0.3) is 5.57 Å². The number of allylic oxidation sites excluding steroid dienone is 1. The topological polar surface area (TPSA) is 66.4 Å². The first-order valence-electron chi connectivity index (χ1n) is 9.15. The Morgan fingerprint density at radius 3 is 2.50 bits per heavy atom. The Bertz CT molecular complexity index is 1010. The number of nitrogens with one attached hydrogen (secondary N) is 1. The van der Waals surface area contributed by atoms with Gasteiger partial charge in [-0.3, -0.25) is 9.59 Å². The van der Waals surface area contributed by atoms with Crippen molar-refractivity contribution in [2.24, 2.45) is 5.92 Å². The summed E-state index contributed by atoms with van der Waals surface area (Å²) >= 11 is 1.42. The van der Waals surface area contributed by atoms with Gasteiger partial charge in [0.15, 0.2) is 0 Å². The van der Waals surface area contributed by atoms with Gasteiger partial charge in [0.05, 0.1) is 5.37 Å². The van der Waals surface area contributed by atoms with E-state index in [1.165, 1.54) is 52.7 Å². The Kier molecular flexibility index (Phi) is 4.75. The zero-order valence-corrected chi connectivity index (χ0v) is 16.4. The summed E-state index contributed by atoms with van der Waals surface area (Å²) in [6.45, 7) is 4.13. The van der Waals surface area contributed by atoms with E-state index in [-0.39, 0.29) is 0 Å². The summed E-state index contributed by atoms with van der Waals surface area (Å²) in [5.74, 6) is -2.59. The number of carboxylic acid groups (broad SMARTS) is 1. The van der Waals surface area contributed by atoms with Crippen LogP contribution in [0.2, 0.25) is 0 Å². The fourth-order valence-corrected chi connectivity index (χ4v) is 5.43. The lowest BCUT2D eigenvalue weighted by atomic mass is 9.81. The zero-order chi connectivity index (χ0) is 20.0. The Hall–Kier alpha value is -2.60. The van der Waals surface area contributed by atoms with Gasteiger partial charge in [0.2, 0.25) is 0 Å². The summed E-state index contributed by atoms with van der Waals surface area (Å²) < 4.78 is 13.1. The van der Waals surface area contributed by atoms with E-state index in [2.05, 4.69) is 19.2 Å². The molecule has 1 aliphatic carbocycles. The van der Waals surface area contributed by atoms with Gasteiger partial charge >= 0.3 is 5.97 Å². The van der Waals surface area contributed by atoms with E-state index in [1.807, 2.05) is 12.1 Å². The van der Waals surface area contributed by atoms with Crippen LogP contribution in [0.1, 0.15) is 39.0 Å². The molecule has 0 saturated carbocycles. The third-order valence-electron chi connectivity index (χ3n) is 5.59. The van der Waals surface area contributed by atoms with Crippen molar-refractivity contribution in [3.63, 3.8) is 0 Å². The minimum absolute atomic E-state index is 0.308. The maximum absolute atomic E-state index is 13.1. The molecule has 2 aromatic carbocycles. The van der Waals surface area contributed by atoms with E-state index in [4.69, 9.17) is 0 Å². The molecule has 28 heavy (non-hydrogen) atoms. The van der Waals surface area contributed by atoms with Crippen LogP contribution in [0.5, 0.6) is 0 Å². The van der Waals surface area contributed by atoms with Gasteiger partial charge in [-0.05, 0) is 83.7 Å². The van der Waals surface area contributed by atoms with Crippen LogP contribution in [-0.2, 0) is 11.2 Å². The Balaban J connectivity index is 1.66. The quantitative estimate of drug-likeness (QED) is 0.810. The van der Waals surface area contributed by atoms with Gasteiger partial charge in [0.25, 0.3) is 5.91 Å². The summed E-state index contributed by atoms with van der Waals surface area (Å²) in [6, 6.07) is 9.26. The highest BCUT2D eigenvalue weighted by atomic mass is 32.2. The van der Waals surface area contributed by atoms with Gasteiger partial charge in [0.1, 0.15) is 11.7 Å². The van der Waals surface area contributed by atoms with Gasteiger partial charge < -0.3 is 10.4 Å². The molecule has 2 N–H and O–H groups in total. The molecule has 2 atom stereocenters. The predicted octanol–water partition coefficient (Wildman–Crippen LogP) is 4.30. The van der Waals surface area contributed by atoms with Gasteiger partial charge in [-0.15, -0.1) is 11.8 Å². The van der Waals surface area contributed by atoms with Crippen molar-refractivity contribution in [3.05, 3.63) is 74.9 Å². The number of hydrogen-bond acceptors (Lipinski definition) is 3. The Morgan fingerprint density at radius 1 is 1.11 bits per heavy atom. The highest BCUT2D eigenvalue weighted by Gasteiger charge is 2.44. The number of carbonyl (C=O) groups is 2. The number of benzene rings is 2. The number of aliphatic carboxylic acids is 1. The molecule has 0 spiro atoms. The summed E-state index contributed by atoms with van der Waals surface area (Å²) in [6.07, 6.45) is 1.66. The minimum Gasteiger partial charge on any atom is -0.481 e. The molecule has 2 aliphatic rings. The van der Waals surface area contributed by atoms with Crippen molar-refractivity contribution in [3.8, 4) is 0 Å². The molecule has 0 bridgehead atoms. The molecule has 1 amide bonds. The molecule has 4 rings (SSSR count). The molecule has 2 unspecified atom stereocenters. The zero-order valence-electron chi connectivity index (χ0n) is 15.6. The van der Waals surface area contributed by atoms with Gasteiger partial charge in [0, 0.05) is 5.56 Å². The normalized spacial score (nSPS) is 20.5. The van der Waals surface area contributed by atoms with Crippen LogP contribution in [0.15, 0.2) is 41.3 Å². The van der Waals surface area contributed by atoms with Crippen molar-refractivity contribution in [1.82, 2.24) is 5.32 Å². The fourth-order valence-electron chi connectivity index (χ4n) is 3.99. The third-order valence-corrected chi connectivity index (χ3v) is 6.94. The van der Waals surface area contributed by atoms with E-state index < -0.39 is 29.0 Å². The second-order valence-electron chi connectivity index (χ2n) is 7.21. The monoisotopic (exact) mass is 397 g/mol. The van der Waals surface area contributed by atoms with Crippen LogP contribution in [-0.4, -0.2) is 22.4 Å². The molecular formula is C22H20FNO3S. The summed E-state index contributed by atoms with van der Waals surface area (Å²) in [5.41, 5.74) is 5.73. The molecule has 2 aromatic rings. The molecule has 144 valence electrons. The first kappa shape index (κ1) is 18.7. The molecule has 1 aliphatic heterocycles. The van der Waals surface area contributed by atoms with Crippen LogP contribution in [0.4, 0.5) is 4.39 Å². The summed E-state index contributed by atoms with van der Waals surface area (Å²) in [7, 11) is 0. The summed E-state index contributed by atoms with van der Waals surface area (Å²) in [5, 5.41) is 12.2. The lowest BCUT2D eigenvalue weighted by Gasteiger charge is -2.24. The maximum Gasteiger partial charge on any atom is 0.314 e. The van der Waals surface area contributed by atoms with E-state index in [1.54, 1.807) is 0 Å². The number of carbonyl (C=O) groups excluding carboxylic acids is 1. The molecule has 4 nitrogen and oxygen atoms in total. The van der Waals surface area contributed by atoms with Gasteiger partial charge in [-0.25, -0.2) is 4.39 Å². The lowest BCUT2D eigenvalue weighted by molar-refractivity contribution is -0.139. The molecule has 1 heterocycles. The molecule has 0 radical (unpaired) electrons.